The fraction of sp³-hybridized carbons (Fsp3) is 0.310. The molecule has 0 unspecified atom stereocenters. The van der Waals surface area contributed by atoms with Crippen LogP contribution in [0.15, 0.2) is 69.6 Å². The first-order chi connectivity index (χ1) is 18.4. The van der Waals surface area contributed by atoms with Crippen molar-refractivity contribution >= 4 is 34.4 Å². The van der Waals surface area contributed by atoms with Crippen LogP contribution in [0.4, 0.5) is 5.69 Å². The summed E-state index contributed by atoms with van der Waals surface area (Å²) in [5, 5.41) is 0. The van der Waals surface area contributed by atoms with E-state index in [1.165, 1.54) is 11.3 Å². The molecular formula is C29H30N4O4S. The minimum atomic E-state index is -0.751. The Kier molecular flexibility index (Phi) is 6.79. The molecule has 38 heavy (non-hydrogen) atoms. The van der Waals surface area contributed by atoms with Crippen molar-refractivity contribution in [3.63, 3.8) is 0 Å². The van der Waals surface area contributed by atoms with Crippen LogP contribution in [0.1, 0.15) is 44.9 Å². The SMILES string of the molecule is CCN(CC)C(=O)C1=C(C)N=c2s/c(=C3\C(=O)N(CC)c4ccccc43)c(=O)n2[C@@H]1c1ccccc1OC. The lowest BCUT2D eigenvalue weighted by atomic mass is 9.94. The lowest BCUT2D eigenvalue weighted by molar-refractivity contribution is -0.127. The summed E-state index contributed by atoms with van der Waals surface area (Å²) in [6, 6.07) is 14.2. The Bertz CT molecular complexity index is 1660. The Balaban J connectivity index is 1.85. The van der Waals surface area contributed by atoms with Gasteiger partial charge < -0.3 is 14.5 Å². The second-order valence-electron chi connectivity index (χ2n) is 9.06. The van der Waals surface area contributed by atoms with E-state index in [0.717, 1.165) is 11.3 Å². The molecule has 2 aliphatic heterocycles. The van der Waals surface area contributed by atoms with Gasteiger partial charge in [-0.1, -0.05) is 47.7 Å². The minimum absolute atomic E-state index is 0.176. The first-order valence-corrected chi connectivity index (χ1v) is 13.6. The number of likely N-dealkylation sites (N-methyl/N-ethyl adjacent to an activating group) is 2. The highest BCUT2D eigenvalue weighted by atomic mass is 32.1. The van der Waals surface area contributed by atoms with E-state index in [4.69, 9.17) is 9.73 Å². The number of amides is 2. The lowest BCUT2D eigenvalue weighted by Gasteiger charge is -2.29. The molecule has 0 aliphatic carbocycles. The zero-order valence-corrected chi connectivity index (χ0v) is 23.0. The fourth-order valence-corrected chi connectivity index (χ4v) is 6.46. The summed E-state index contributed by atoms with van der Waals surface area (Å²) >= 11 is 1.19. The van der Waals surface area contributed by atoms with Crippen LogP contribution in [0.5, 0.6) is 5.75 Å². The predicted octanol–water partition coefficient (Wildman–Crippen LogP) is 2.85. The third-order valence-corrected chi connectivity index (χ3v) is 8.23. The summed E-state index contributed by atoms with van der Waals surface area (Å²) < 4.78 is 7.55. The van der Waals surface area contributed by atoms with E-state index in [1.54, 1.807) is 28.4 Å². The van der Waals surface area contributed by atoms with Crippen LogP contribution < -0.4 is 24.5 Å². The van der Waals surface area contributed by atoms with Gasteiger partial charge >= 0.3 is 0 Å². The molecule has 3 aromatic rings. The summed E-state index contributed by atoms with van der Waals surface area (Å²) in [5.41, 5.74) is 3.20. The molecule has 2 aliphatic rings. The van der Waals surface area contributed by atoms with Gasteiger partial charge in [0.05, 0.1) is 29.6 Å². The summed E-state index contributed by atoms with van der Waals surface area (Å²) in [7, 11) is 1.57. The number of para-hydroxylation sites is 2. The van der Waals surface area contributed by atoms with Crippen LogP contribution in [-0.4, -0.2) is 48.0 Å². The highest BCUT2D eigenvalue weighted by molar-refractivity contribution is 7.07. The minimum Gasteiger partial charge on any atom is -0.496 e. The molecule has 0 saturated carbocycles. The van der Waals surface area contributed by atoms with Gasteiger partial charge in [0.1, 0.15) is 16.3 Å². The topological polar surface area (TPSA) is 84.2 Å². The zero-order valence-electron chi connectivity index (χ0n) is 22.1. The number of nitrogens with zero attached hydrogens (tertiary/aromatic N) is 4. The Labute approximate surface area is 224 Å². The second kappa shape index (κ2) is 10.1. The number of thiazole rings is 1. The van der Waals surface area contributed by atoms with E-state index in [2.05, 4.69) is 0 Å². The number of carbonyl (C=O) groups excluding carboxylic acids is 2. The van der Waals surface area contributed by atoms with Crippen LogP contribution in [-0.2, 0) is 9.59 Å². The first kappa shape index (κ1) is 25.7. The van der Waals surface area contributed by atoms with Gasteiger partial charge in [-0.25, -0.2) is 4.99 Å². The maximum atomic E-state index is 14.3. The number of benzene rings is 2. The van der Waals surface area contributed by atoms with Gasteiger partial charge in [0.15, 0.2) is 4.80 Å². The van der Waals surface area contributed by atoms with Crippen LogP contribution in [0.25, 0.3) is 5.57 Å². The number of allylic oxidation sites excluding steroid dienone is 1. The summed E-state index contributed by atoms with van der Waals surface area (Å²) in [5.74, 6) is 0.183. The maximum absolute atomic E-state index is 14.3. The number of hydrogen-bond donors (Lipinski definition) is 0. The number of rotatable bonds is 6. The first-order valence-electron chi connectivity index (χ1n) is 12.8. The molecule has 3 heterocycles. The molecule has 2 aromatic carbocycles. The fourth-order valence-electron chi connectivity index (χ4n) is 5.33. The van der Waals surface area contributed by atoms with Crippen molar-refractivity contribution in [2.45, 2.75) is 33.7 Å². The van der Waals surface area contributed by atoms with Crippen LogP contribution in [0.3, 0.4) is 0 Å². The van der Waals surface area contributed by atoms with Crippen LogP contribution >= 0.6 is 11.3 Å². The number of anilines is 1. The molecule has 196 valence electrons. The molecule has 2 amide bonds. The molecular weight excluding hydrogens is 500 g/mol. The van der Waals surface area contributed by atoms with E-state index >= 15 is 0 Å². The monoisotopic (exact) mass is 530 g/mol. The Hall–Kier alpha value is -3.98. The van der Waals surface area contributed by atoms with Crippen LogP contribution in [0, 0.1) is 0 Å². The molecule has 0 saturated heterocycles. The van der Waals surface area contributed by atoms with Gasteiger partial charge in [-0.3, -0.25) is 19.0 Å². The average molecular weight is 531 g/mol. The van der Waals surface area contributed by atoms with Gasteiger partial charge in [0.2, 0.25) is 0 Å². The van der Waals surface area contributed by atoms with Crippen molar-refractivity contribution in [1.29, 1.82) is 0 Å². The van der Waals surface area contributed by atoms with Crippen molar-refractivity contribution in [2.24, 2.45) is 4.99 Å². The normalized spacial score (nSPS) is 17.8. The number of carbonyl (C=O) groups is 2. The molecule has 5 rings (SSSR count). The Morgan fingerprint density at radius 1 is 1.05 bits per heavy atom. The summed E-state index contributed by atoms with van der Waals surface area (Å²) in [4.78, 5) is 50.2. The average Bonchev–Trinajstić information content (AvgIpc) is 3.40. The number of methoxy groups -OCH3 is 1. The maximum Gasteiger partial charge on any atom is 0.271 e. The van der Waals surface area contributed by atoms with Crippen molar-refractivity contribution in [1.82, 2.24) is 9.47 Å². The molecule has 8 nitrogen and oxygen atoms in total. The molecule has 9 heteroatoms. The zero-order chi connectivity index (χ0) is 27.1. The van der Waals surface area contributed by atoms with Crippen molar-refractivity contribution in [2.75, 3.05) is 31.6 Å². The van der Waals surface area contributed by atoms with Crippen molar-refractivity contribution < 1.29 is 14.3 Å². The highest BCUT2D eigenvalue weighted by Gasteiger charge is 2.38. The van der Waals surface area contributed by atoms with E-state index in [9.17, 15) is 14.4 Å². The third-order valence-electron chi connectivity index (χ3n) is 7.18. The molecule has 0 spiro atoms. The molecule has 0 bridgehead atoms. The number of ether oxygens (including phenoxy) is 1. The Morgan fingerprint density at radius 2 is 1.74 bits per heavy atom. The van der Waals surface area contributed by atoms with Crippen molar-refractivity contribution in [3.8, 4) is 5.75 Å². The van der Waals surface area contributed by atoms with Crippen LogP contribution in [0.2, 0.25) is 0 Å². The molecule has 0 N–H and O–H groups in total. The number of hydrogen-bond acceptors (Lipinski definition) is 6. The van der Waals surface area contributed by atoms with Gasteiger partial charge in [0, 0.05) is 30.8 Å². The predicted molar refractivity (Wildman–Crippen MR) is 148 cm³/mol. The lowest BCUT2D eigenvalue weighted by Crippen LogP contribution is -2.43. The van der Waals surface area contributed by atoms with Gasteiger partial charge in [0.25, 0.3) is 17.4 Å². The van der Waals surface area contributed by atoms with E-state index < -0.39 is 6.04 Å². The van der Waals surface area contributed by atoms with Gasteiger partial charge in [-0.2, -0.15) is 0 Å². The largest absolute Gasteiger partial charge is 0.496 e. The third kappa shape index (κ3) is 3.80. The Morgan fingerprint density at radius 3 is 2.42 bits per heavy atom. The van der Waals surface area contributed by atoms with Gasteiger partial charge in [-0.05, 0) is 39.8 Å². The van der Waals surface area contributed by atoms with Gasteiger partial charge in [-0.15, -0.1) is 0 Å². The van der Waals surface area contributed by atoms with E-state index in [1.807, 2.05) is 69.3 Å². The molecule has 1 aromatic heterocycles. The summed E-state index contributed by atoms with van der Waals surface area (Å²) in [6.07, 6.45) is 0. The number of fused-ring (bicyclic) bond motifs is 2. The van der Waals surface area contributed by atoms with E-state index in [0.29, 0.717) is 57.1 Å². The molecule has 1 atom stereocenters. The quantitative estimate of drug-likeness (QED) is 0.491. The van der Waals surface area contributed by atoms with Crippen molar-refractivity contribution in [3.05, 3.63) is 90.6 Å². The standard InChI is InChI=1S/C29H30N4O4S/c1-6-31(7-2)26(34)22-17(4)30-29-33(24(22)19-14-10-12-16-21(19)37-5)28(36)25(38-29)23-18-13-9-11-15-20(18)32(8-3)27(23)35/h9-16,24H,6-8H2,1-5H3/b25-23-/t24-/m1/s1. The smallest absolute Gasteiger partial charge is 0.271 e. The number of aromatic nitrogens is 1. The van der Waals surface area contributed by atoms with E-state index in [-0.39, 0.29) is 17.4 Å². The molecule has 0 radical (unpaired) electrons. The second-order valence-corrected chi connectivity index (χ2v) is 10.0. The highest BCUT2D eigenvalue weighted by Crippen LogP contribution is 2.37. The molecule has 0 fully saturated rings. The summed E-state index contributed by atoms with van der Waals surface area (Å²) in [6.45, 7) is 9.10.